The molecule has 1 aliphatic rings. The molecule has 0 saturated heterocycles. The molecule has 0 radical (unpaired) electrons. The number of carbonyl (C=O) groups excluding carboxylic acids is 1. The first-order valence-electron chi connectivity index (χ1n) is 8.94. The van der Waals surface area contributed by atoms with E-state index in [2.05, 4.69) is 20.9 Å². The van der Waals surface area contributed by atoms with Gasteiger partial charge in [0.25, 0.3) is 5.91 Å². The van der Waals surface area contributed by atoms with Crippen LogP contribution in [0.2, 0.25) is 0 Å². The predicted molar refractivity (Wildman–Crippen MR) is 116 cm³/mol. The number of halogens is 1. The van der Waals surface area contributed by atoms with Gasteiger partial charge in [-0.2, -0.15) is 0 Å². The molecule has 5 rings (SSSR count). The number of fused-ring (bicyclic) bond motifs is 2. The van der Waals surface area contributed by atoms with Crippen molar-refractivity contribution in [2.24, 2.45) is 0 Å². The average molecular weight is 453 g/mol. The highest BCUT2D eigenvalue weighted by atomic mass is 79.9. The Morgan fingerprint density at radius 1 is 1.18 bits per heavy atom. The number of hydrogen-bond acceptors (Lipinski definition) is 3. The Morgan fingerprint density at radius 3 is 2.79 bits per heavy atom. The number of hydrogen-bond donors (Lipinski definition) is 2. The van der Waals surface area contributed by atoms with E-state index < -0.39 is 5.60 Å². The summed E-state index contributed by atoms with van der Waals surface area (Å²) in [5.41, 5.74) is 1.94. The van der Waals surface area contributed by atoms with Crippen molar-refractivity contribution in [1.29, 1.82) is 0 Å². The number of rotatable bonds is 3. The molecule has 2 N–H and O–H groups in total. The number of aromatic nitrogens is 1. The minimum atomic E-state index is -1.74. The molecule has 140 valence electrons. The summed E-state index contributed by atoms with van der Waals surface area (Å²) in [4.78, 5) is 19.7. The number of aliphatic hydroxyl groups is 1. The predicted octanol–water partition coefficient (Wildman–Crippen LogP) is 5.08. The molecule has 0 fully saturated rings. The number of nitrogens with one attached hydrogen (secondary N) is 1. The fourth-order valence-corrected chi connectivity index (χ4v) is 5.21. The second kappa shape index (κ2) is 6.30. The van der Waals surface area contributed by atoms with E-state index in [4.69, 9.17) is 0 Å². The average Bonchev–Trinajstić information content (AvgIpc) is 3.35. The monoisotopic (exact) mass is 452 g/mol. The Kier molecular flexibility index (Phi) is 3.98. The number of thiophene rings is 1. The molecule has 1 aliphatic heterocycles. The topological polar surface area (TPSA) is 56.3 Å². The zero-order valence-electron chi connectivity index (χ0n) is 15.1. The number of anilines is 1. The normalized spacial score (nSPS) is 18.8. The van der Waals surface area contributed by atoms with E-state index in [9.17, 15) is 9.90 Å². The van der Waals surface area contributed by atoms with Crippen LogP contribution in [0.3, 0.4) is 0 Å². The number of aromatic amines is 1. The zero-order valence-corrected chi connectivity index (χ0v) is 17.5. The first-order valence-corrected chi connectivity index (χ1v) is 10.6. The van der Waals surface area contributed by atoms with Gasteiger partial charge >= 0.3 is 0 Å². The molecule has 0 unspecified atom stereocenters. The quantitative estimate of drug-likeness (QED) is 0.455. The van der Waals surface area contributed by atoms with Crippen molar-refractivity contribution in [3.05, 3.63) is 86.1 Å². The molecule has 3 heterocycles. The van der Waals surface area contributed by atoms with Gasteiger partial charge in [-0.1, -0.05) is 40.2 Å². The van der Waals surface area contributed by atoms with Crippen molar-refractivity contribution in [2.45, 2.75) is 19.1 Å². The minimum Gasteiger partial charge on any atom is -0.372 e. The highest BCUT2D eigenvalue weighted by Crippen LogP contribution is 2.48. The summed E-state index contributed by atoms with van der Waals surface area (Å²) >= 11 is 5.10. The summed E-state index contributed by atoms with van der Waals surface area (Å²) in [7, 11) is 0. The van der Waals surface area contributed by atoms with Gasteiger partial charge in [-0.15, -0.1) is 11.3 Å². The Bertz CT molecular complexity index is 1210. The second-order valence-corrected chi connectivity index (χ2v) is 8.96. The van der Waals surface area contributed by atoms with Crippen LogP contribution in [0.4, 0.5) is 5.69 Å². The fraction of sp³-hybridized carbons (Fsp3) is 0.136. The van der Waals surface area contributed by atoms with Gasteiger partial charge in [-0.3, -0.25) is 4.79 Å². The van der Waals surface area contributed by atoms with Gasteiger partial charge in [0.05, 0.1) is 12.2 Å². The van der Waals surface area contributed by atoms with Crippen LogP contribution in [-0.4, -0.2) is 16.0 Å². The number of benzene rings is 2. The maximum absolute atomic E-state index is 13.7. The molecule has 0 saturated carbocycles. The number of H-pyrrole nitrogens is 1. The van der Waals surface area contributed by atoms with E-state index in [1.807, 2.05) is 66.9 Å². The van der Waals surface area contributed by atoms with Crippen LogP contribution in [0.15, 0.2) is 64.5 Å². The maximum Gasteiger partial charge on any atom is 0.268 e. The van der Waals surface area contributed by atoms with Gasteiger partial charge in [0, 0.05) is 37.1 Å². The summed E-state index contributed by atoms with van der Waals surface area (Å²) in [5, 5.41) is 14.8. The van der Waals surface area contributed by atoms with Crippen LogP contribution in [-0.2, 0) is 16.9 Å². The molecule has 0 aliphatic carbocycles. The molecule has 2 aromatic carbocycles. The van der Waals surface area contributed by atoms with Crippen molar-refractivity contribution in [3.8, 4) is 0 Å². The Morgan fingerprint density at radius 2 is 2.00 bits per heavy atom. The fourth-order valence-electron chi connectivity index (χ4n) is 4.15. The molecule has 0 spiro atoms. The lowest BCUT2D eigenvalue weighted by molar-refractivity contribution is -0.132. The van der Waals surface area contributed by atoms with Crippen molar-refractivity contribution in [3.63, 3.8) is 0 Å². The van der Waals surface area contributed by atoms with Gasteiger partial charge in [-0.25, -0.2) is 0 Å². The van der Waals surface area contributed by atoms with Crippen molar-refractivity contribution < 1.29 is 9.90 Å². The van der Waals surface area contributed by atoms with Gasteiger partial charge in [0.2, 0.25) is 0 Å². The van der Waals surface area contributed by atoms with E-state index >= 15 is 0 Å². The minimum absolute atomic E-state index is 0.318. The molecule has 0 bridgehead atoms. The third kappa shape index (κ3) is 2.42. The van der Waals surface area contributed by atoms with Gasteiger partial charge in [0.1, 0.15) is 0 Å². The van der Waals surface area contributed by atoms with Crippen LogP contribution in [0.1, 0.15) is 21.7 Å². The molecular weight excluding hydrogens is 436 g/mol. The molecular formula is C22H17BrN2O2S. The number of amides is 1. The summed E-state index contributed by atoms with van der Waals surface area (Å²) in [6.07, 6.45) is 0. The van der Waals surface area contributed by atoms with Gasteiger partial charge in [-0.05, 0) is 42.6 Å². The maximum atomic E-state index is 13.7. The standard InChI is InChI=1S/C22H17BrN2O2S/c1-13-20(16-6-2-3-7-18(16)24-13)22(27)17-11-14(23)8-9-19(17)25(21(22)26)12-15-5-4-10-28-15/h2-11,24,27H,12H2,1H3/t22-/m0/s1. The van der Waals surface area contributed by atoms with Gasteiger partial charge in [0.15, 0.2) is 5.60 Å². The van der Waals surface area contributed by atoms with Crippen molar-refractivity contribution in [1.82, 2.24) is 4.98 Å². The number of carbonyl (C=O) groups is 1. The number of nitrogens with zero attached hydrogens (tertiary/aromatic N) is 1. The molecule has 1 amide bonds. The lowest BCUT2D eigenvalue weighted by Crippen LogP contribution is -2.41. The smallest absolute Gasteiger partial charge is 0.268 e. The third-order valence-electron chi connectivity index (χ3n) is 5.34. The molecule has 4 nitrogen and oxygen atoms in total. The van der Waals surface area contributed by atoms with Crippen LogP contribution < -0.4 is 4.90 Å². The largest absolute Gasteiger partial charge is 0.372 e. The third-order valence-corrected chi connectivity index (χ3v) is 6.70. The molecule has 6 heteroatoms. The van der Waals surface area contributed by atoms with E-state index in [-0.39, 0.29) is 5.91 Å². The highest BCUT2D eigenvalue weighted by molar-refractivity contribution is 9.10. The first-order chi connectivity index (χ1) is 13.5. The van der Waals surface area contributed by atoms with Gasteiger partial charge < -0.3 is 15.0 Å². The summed E-state index contributed by atoms with van der Waals surface area (Å²) < 4.78 is 0.827. The van der Waals surface area contributed by atoms with Crippen molar-refractivity contribution >= 4 is 49.8 Å². The lowest BCUT2D eigenvalue weighted by Gasteiger charge is -2.24. The van der Waals surface area contributed by atoms with Crippen LogP contribution in [0, 0.1) is 6.92 Å². The SMILES string of the molecule is Cc1[nH]c2ccccc2c1[C@]1(O)C(=O)N(Cc2cccs2)c2ccc(Br)cc21. The second-order valence-electron chi connectivity index (χ2n) is 7.01. The van der Waals surface area contributed by atoms with E-state index in [0.717, 1.165) is 31.6 Å². The summed E-state index contributed by atoms with van der Waals surface area (Å²) in [5.74, 6) is -0.318. The Balaban J connectivity index is 1.76. The molecule has 1 atom stereocenters. The molecule has 28 heavy (non-hydrogen) atoms. The van der Waals surface area contributed by atoms with E-state index in [1.54, 1.807) is 16.2 Å². The summed E-state index contributed by atoms with van der Waals surface area (Å²) in [6.45, 7) is 2.34. The molecule has 2 aromatic heterocycles. The van der Waals surface area contributed by atoms with Crippen LogP contribution in [0.25, 0.3) is 10.9 Å². The van der Waals surface area contributed by atoms with E-state index in [1.165, 1.54) is 0 Å². The lowest BCUT2D eigenvalue weighted by atomic mass is 9.85. The van der Waals surface area contributed by atoms with Crippen LogP contribution >= 0.6 is 27.3 Å². The van der Waals surface area contributed by atoms with Crippen LogP contribution in [0.5, 0.6) is 0 Å². The highest BCUT2D eigenvalue weighted by Gasteiger charge is 2.53. The first kappa shape index (κ1) is 17.7. The molecule has 4 aromatic rings. The van der Waals surface area contributed by atoms with Crippen molar-refractivity contribution in [2.75, 3.05) is 4.90 Å². The summed E-state index contributed by atoms with van der Waals surface area (Å²) in [6, 6.07) is 17.4. The van der Waals surface area contributed by atoms with E-state index in [0.29, 0.717) is 17.7 Å². The Hall–Kier alpha value is -2.41. The Labute approximate surface area is 174 Å². The number of para-hydroxylation sites is 1. The number of aryl methyl sites for hydroxylation is 1. The zero-order chi connectivity index (χ0) is 19.5.